The van der Waals surface area contributed by atoms with Crippen LogP contribution in [0.4, 0.5) is 5.69 Å². The molecule has 28 heavy (non-hydrogen) atoms. The van der Waals surface area contributed by atoms with Crippen molar-refractivity contribution in [1.82, 2.24) is 0 Å². The molecule has 0 fully saturated rings. The van der Waals surface area contributed by atoms with Crippen molar-refractivity contribution in [2.75, 3.05) is 19.1 Å². The Morgan fingerprint density at radius 2 is 2.07 bits per heavy atom. The van der Waals surface area contributed by atoms with Gasteiger partial charge in [-0.1, -0.05) is 0 Å². The molecule has 0 aliphatic carbocycles. The predicted molar refractivity (Wildman–Crippen MR) is 104 cm³/mol. The topological polar surface area (TPSA) is 65.1 Å². The van der Waals surface area contributed by atoms with E-state index in [0.717, 1.165) is 5.56 Å². The van der Waals surface area contributed by atoms with Crippen LogP contribution >= 0.6 is 9.69 Å². The molecular formula is C20H19ClNO5Ru. The van der Waals surface area contributed by atoms with Gasteiger partial charge in [-0.25, -0.2) is 0 Å². The number of rotatable bonds is 5. The molecule has 8 heteroatoms. The SMILES string of the molecule is CCC1Oc2c([CH]=[Ru][Cl])cccc2N(C(=O)c2ccc(OC)cc2OC)C1=O. The van der Waals surface area contributed by atoms with Gasteiger partial charge in [0.15, 0.2) is 0 Å². The van der Waals surface area contributed by atoms with Gasteiger partial charge in [0.1, 0.15) is 0 Å². The van der Waals surface area contributed by atoms with Crippen molar-refractivity contribution in [3.8, 4) is 17.2 Å². The van der Waals surface area contributed by atoms with Crippen LogP contribution in [0.1, 0.15) is 29.3 Å². The Bertz CT molecular complexity index is 946. The molecule has 1 aliphatic heterocycles. The van der Waals surface area contributed by atoms with Gasteiger partial charge in [0, 0.05) is 0 Å². The van der Waals surface area contributed by atoms with E-state index in [0.29, 0.717) is 29.4 Å². The first-order chi connectivity index (χ1) is 13.5. The maximum atomic E-state index is 13.4. The molecule has 0 N–H and O–H groups in total. The summed E-state index contributed by atoms with van der Waals surface area (Å²) in [6, 6.07) is 10.2. The first-order valence-electron chi connectivity index (χ1n) is 8.51. The zero-order valence-corrected chi connectivity index (χ0v) is 18.0. The van der Waals surface area contributed by atoms with E-state index in [9.17, 15) is 9.59 Å². The van der Waals surface area contributed by atoms with Crippen LogP contribution < -0.4 is 19.1 Å². The number of ether oxygens (including phenoxy) is 3. The fourth-order valence-corrected chi connectivity index (χ4v) is 4.08. The minimum atomic E-state index is -0.749. The number of para-hydroxylation sites is 1. The van der Waals surface area contributed by atoms with E-state index >= 15 is 0 Å². The van der Waals surface area contributed by atoms with Crippen LogP contribution in [0.5, 0.6) is 17.2 Å². The average molecular weight is 490 g/mol. The van der Waals surface area contributed by atoms with Gasteiger partial charge in [-0.15, -0.1) is 0 Å². The number of carbonyl (C=O) groups excluding carboxylic acids is 2. The fraction of sp³-hybridized carbons (Fsp3) is 0.250. The Balaban J connectivity index is 2.14. The Hall–Kier alpha value is -2.24. The number of amides is 2. The van der Waals surface area contributed by atoms with E-state index in [1.807, 2.05) is 17.6 Å². The zero-order valence-electron chi connectivity index (χ0n) is 15.5. The Labute approximate surface area is 174 Å². The van der Waals surface area contributed by atoms with Gasteiger partial charge >= 0.3 is 175 Å². The number of halogens is 1. The second kappa shape index (κ2) is 8.84. The molecule has 149 valence electrons. The summed E-state index contributed by atoms with van der Waals surface area (Å²) in [4.78, 5) is 27.6. The van der Waals surface area contributed by atoms with Crippen LogP contribution in [-0.4, -0.2) is 36.7 Å². The van der Waals surface area contributed by atoms with Crippen molar-refractivity contribution in [2.24, 2.45) is 0 Å². The Morgan fingerprint density at radius 1 is 1.29 bits per heavy atom. The molecule has 0 saturated heterocycles. The van der Waals surface area contributed by atoms with Gasteiger partial charge in [-0.05, 0) is 0 Å². The first-order valence-corrected chi connectivity index (χ1v) is 11.7. The summed E-state index contributed by atoms with van der Waals surface area (Å²) in [5, 5.41) is 0. The quantitative estimate of drug-likeness (QED) is 0.475. The molecule has 1 unspecified atom stereocenters. The molecule has 6 nitrogen and oxygen atoms in total. The summed E-state index contributed by atoms with van der Waals surface area (Å²) < 4.78 is 18.3. The van der Waals surface area contributed by atoms with E-state index in [4.69, 9.17) is 23.9 Å². The van der Waals surface area contributed by atoms with Crippen LogP contribution in [0.2, 0.25) is 0 Å². The molecule has 0 saturated carbocycles. The molecule has 1 aliphatic rings. The molecule has 3 rings (SSSR count). The third-order valence-corrected chi connectivity index (χ3v) is 5.57. The standard InChI is InChI=1S/C20H19NO5.ClH.Ru/c1-5-16-20(23)21(15-8-6-7-12(2)18(15)26-16)19(22)14-10-9-13(24-3)11-17(14)25-4;;/h2,6-11,16H,5H2,1,3-4H3;1H;/q;;+1/p-1. The van der Waals surface area contributed by atoms with Gasteiger partial charge in [-0.3, -0.25) is 0 Å². The van der Waals surface area contributed by atoms with Gasteiger partial charge in [0.25, 0.3) is 0 Å². The number of nitrogens with zero attached hydrogens (tertiary/aromatic N) is 1. The molecule has 1 atom stereocenters. The number of methoxy groups -OCH3 is 2. The summed E-state index contributed by atoms with van der Waals surface area (Å²) in [5.74, 6) is 0.476. The number of hydrogen-bond donors (Lipinski definition) is 0. The second-order valence-corrected chi connectivity index (χ2v) is 7.73. The summed E-state index contributed by atoms with van der Waals surface area (Å²) in [6.45, 7) is 1.84. The fourth-order valence-electron chi connectivity index (χ4n) is 2.99. The van der Waals surface area contributed by atoms with Crippen LogP contribution in [0.25, 0.3) is 0 Å². The number of benzene rings is 2. The van der Waals surface area contributed by atoms with Crippen LogP contribution in [0, 0.1) is 0 Å². The summed E-state index contributed by atoms with van der Waals surface area (Å²) in [7, 11) is 8.94. The number of carbonyl (C=O) groups is 2. The van der Waals surface area contributed by atoms with E-state index in [-0.39, 0.29) is 5.56 Å². The molecule has 0 spiro atoms. The first kappa shape index (κ1) is 20.5. The van der Waals surface area contributed by atoms with Gasteiger partial charge in [0.05, 0.1) is 0 Å². The number of fused-ring (bicyclic) bond motifs is 1. The van der Waals surface area contributed by atoms with E-state index in [2.05, 4.69) is 0 Å². The van der Waals surface area contributed by atoms with Crippen LogP contribution in [0.3, 0.4) is 0 Å². The van der Waals surface area contributed by atoms with Crippen molar-refractivity contribution < 1.29 is 39.5 Å². The van der Waals surface area contributed by atoms with E-state index in [1.54, 1.807) is 30.3 Å². The Morgan fingerprint density at radius 3 is 2.71 bits per heavy atom. The summed E-state index contributed by atoms with van der Waals surface area (Å²) in [6.07, 6.45) is -0.314. The van der Waals surface area contributed by atoms with Crippen LogP contribution in [-0.2, 0) is 20.5 Å². The average Bonchev–Trinajstić information content (AvgIpc) is 2.72. The number of anilines is 1. The van der Waals surface area contributed by atoms with Crippen molar-refractivity contribution in [3.63, 3.8) is 0 Å². The molecule has 2 aromatic rings. The maximum absolute atomic E-state index is 13.4. The Kier molecular flexibility index (Phi) is 6.47. The van der Waals surface area contributed by atoms with Crippen molar-refractivity contribution in [3.05, 3.63) is 47.5 Å². The van der Waals surface area contributed by atoms with Crippen molar-refractivity contribution in [1.29, 1.82) is 0 Å². The third-order valence-electron chi connectivity index (χ3n) is 4.38. The van der Waals surface area contributed by atoms with Gasteiger partial charge in [0.2, 0.25) is 0 Å². The summed E-state index contributed by atoms with van der Waals surface area (Å²) >= 11 is -0.490. The molecule has 0 aromatic heterocycles. The number of hydrogen-bond acceptors (Lipinski definition) is 5. The van der Waals surface area contributed by atoms with Crippen LogP contribution in [0.15, 0.2) is 36.4 Å². The number of imide groups is 1. The molecule has 0 radical (unpaired) electrons. The van der Waals surface area contributed by atoms with Crippen molar-refractivity contribution in [2.45, 2.75) is 19.4 Å². The normalized spacial score (nSPS) is 16.2. The minimum absolute atomic E-state index is 0.261. The molecule has 2 amide bonds. The zero-order chi connectivity index (χ0) is 20.3. The van der Waals surface area contributed by atoms with Crippen molar-refractivity contribution >= 4 is 31.8 Å². The molecule has 0 bridgehead atoms. The summed E-state index contributed by atoms with van der Waals surface area (Å²) in [5.41, 5.74) is 1.44. The second-order valence-electron chi connectivity index (χ2n) is 5.93. The van der Waals surface area contributed by atoms with E-state index in [1.165, 1.54) is 19.1 Å². The van der Waals surface area contributed by atoms with Gasteiger partial charge < -0.3 is 0 Å². The monoisotopic (exact) mass is 490 g/mol. The molecule has 1 heterocycles. The molecular weight excluding hydrogens is 471 g/mol. The van der Waals surface area contributed by atoms with Gasteiger partial charge in [-0.2, -0.15) is 0 Å². The van der Waals surface area contributed by atoms with E-state index < -0.39 is 33.6 Å². The molecule has 2 aromatic carbocycles. The predicted octanol–water partition coefficient (Wildman–Crippen LogP) is 3.43. The third kappa shape index (κ3) is 3.69.